The first-order valence-electron chi connectivity index (χ1n) is 8.00. The molecule has 1 amide bonds. The topological polar surface area (TPSA) is 89.3 Å². The number of rotatable bonds is 6. The van der Waals surface area contributed by atoms with E-state index in [9.17, 15) is 13.2 Å². The molecule has 25 heavy (non-hydrogen) atoms. The molecule has 136 valence electrons. The van der Waals surface area contributed by atoms with Crippen LogP contribution in [-0.2, 0) is 21.2 Å². The van der Waals surface area contributed by atoms with Crippen molar-refractivity contribution >= 4 is 27.3 Å². The summed E-state index contributed by atoms with van der Waals surface area (Å²) in [6.07, 6.45) is 0.934. The SMILES string of the molecule is CC(C)(C)C[C@@H](NC(=O)Cc1ccc(S(N)(=O)=O)s1)c1ccccc1. The number of nitrogens with two attached hydrogens (primary N) is 1. The zero-order chi connectivity index (χ0) is 18.7. The van der Waals surface area contributed by atoms with Gasteiger partial charge in [0.2, 0.25) is 15.9 Å². The van der Waals surface area contributed by atoms with Crippen LogP contribution in [0.3, 0.4) is 0 Å². The number of benzene rings is 1. The molecular formula is C18H24N2O3S2. The zero-order valence-corrected chi connectivity index (χ0v) is 16.3. The molecular weight excluding hydrogens is 356 g/mol. The third-order valence-electron chi connectivity index (χ3n) is 3.61. The summed E-state index contributed by atoms with van der Waals surface area (Å²) < 4.78 is 22.8. The lowest BCUT2D eigenvalue weighted by atomic mass is 9.85. The fourth-order valence-electron chi connectivity index (χ4n) is 2.56. The lowest BCUT2D eigenvalue weighted by Crippen LogP contribution is -2.32. The molecule has 0 unspecified atom stereocenters. The summed E-state index contributed by atoms with van der Waals surface area (Å²) in [7, 11) is -3.72. The van der Waals surface area contributed by atoms with E-state index < -0.39 is 10.0 Å². The Hall–Kier alpha value is -1.70. The van der Waals surface area contributed by atoms with Crippen LogP contribution in [0.2, 0.25) is 0 Å². The largest absolute Gasteiger partial charge is 0.349 e. The lowest BCUT2D eigenvalue weighted by molar-refractivity contribution is -0.121. The van der Waals surface area contributed by atoms with Gasteiger partial charge in [0, 0.05) is 4.88 Å². The quantitative estimate of drug-likeness (QED) is 0.806. The molecule has 7 heteroatoms. The highest BCUT2D eigenvalue weighted by Crippen LogP contribution is 2.29. The van der Waals surface area contributed by atoms with Crippen molar-refractivity contribution in [2.75, 3.05) is 0 Å². The first kappa shape index (κ1) is 19.6. The molecule has 2 rings (SSSR count). The monoisotopic (exact) mass is 380 g/mol. The number of hydrogen-bond acceptors (Lipinski definition) is 4. The number of hydrogen-bond donors (Lipinski definition) is 2. The summed E-state index contributed by atoms with van der Waals surface area (Å²) in [5, 5.41) is 8.18. The van der Waals surface area contributed by atoms with Crippen LogP contribution in [0.4, 0.5) is 0 Å². The van der Waals surface area contributed by atoms with E-state index in [-0.39, 0.29) is 28.0 Å². The van der Waals surface area contributed by atoms with E-state index in [4.69, 9.17) is 5.14 Å². The molecule has 0 bridgehead atoms. The molecule has 0 aliphatic rings. The summed E-state index contributed by atoms with van der Waals surface area (Å²) >= 11 is 1.03. The smallest absolute Gasteiger partial charge is 0.247 e. The van der Waals surface area contributed by atoms with E-state index in [2.05, 4.69) is 26.1 Å². The predicted octanol–water partition coefficient (Wildman–Crippen LogP) is 3.23. The van der Waals surface area contributed by atoms with Gasteiger partial charge in [-0.05, 0) is 29.5 Å². The van der Waals surface area contributed by atoms with E-state index in [1.54, 1.807) is 6.07 Å². The summed E-state index contributed by atoms with van der Waals surface area (Å²) in [6, 6.07) is 12.8. The standard InChI is InChI=1S/C18H24N2O3S2/c1-18(2,3)12-15(13-7-5-4-6-8-13)20-16(21)11-14-9-10-17(24-14)25(19,22)23/h4-10,15H,11-12H2,1-3H3,(H,20,21)(H2,19,22,23)/t15-/m1/s1. The molecule has 0 radical (unpaired) electrons. The number of carbonyl (C=O) groups is 1. The van der Waals surface area contributed by atoms with Crippen molar-refractivity contribution in [3.05, 3.63) is 52.9 Å². The summed E-state index contributed by atoms with van der Waals surface area (Å²) in [6.45, 7) is 6.40. The highest BCUT2D eigenvalue weighted by Gasteiger charge is 2.22. The Morgan fingerprint density at radius 3 is 2.32 bits per heavy atom. The van der Waals surface area contributed by atoms with Gasteiger partial charge in [0.15, 0.2) is 0 Å². The predicted molar refractivity (Wildman–Crippen MR) is 101 cm³/mol. The number of carbonyl (C=O) groups excluding carboxylic acids is 1. The van der Waals surface area contributed by atoms with Gasteiger partial charge in [0.25, 0.3) is 0 Å². The van der Waals surface area contributed by atoms with Gasteiger partial charge < -0.3 is 5.32 Å². The Morgan fingerprint density at radius 1 is 1.16 bits per heavy atom. The average molecular weight is 381 g/mol. The van der Waals surface area contributed by atoms with Gasteiger partial charge in [-0.1, -0.05) is 51.1 Å². The molecule has 1 aromatic heterocycles. The molecule has 1 heterocycles. The summed E-state index contributed by atoms with van der Waals surface area (Å²) in [5.74, 6) is -0.138. The maximum absolute atomic E-state index is 12.5. The van der Waals surface area contributed by atoms with Crippen LogP contribution in [0, 0.1) is 5.41 Å². The Bertz CT molecular complexity index is 822. The molecule has 0 fully saturated rings. The number of primary sulfonamides is 1. The van der Waals surface area contributed by atoms with Crippen molar-refractivity contribution in [1.82, 2.24) is 5.32 Å². The van der Waals surface area contributed by atoms with Crippen LogP contribution in [0.1, 0.15) is 43.7 Å². The molecule has 0 spiro atoms. The van der Waals surface area contributed by atoms with Gasteiger partial charge >= 0.3 is 0 Å². The number of nitrogens with one attached hydrogen (secondary N) is 1. The van der Waals surface area contributed by atoms with Crippen molar-refractivity contribution in [2.24, 2.45) is 10.6 Å². The maximum Gasteiger partial charge on any atom is 0.247 e. The first-order valence-corrected chi connectivity index (χ1v) is 10.4. The lowest BCUT2D eigenvalue weighted by Gasteiger charge is -2.27. The van der Waals surface area contributed by atoms with Crippen molar-refractivity contribution in [2.45, 2.75) is 43.9 Å². The van der Waals surface area contributed by atoms with Crippen LogP contribution in [0.5, 0.6) is 0 Å². The fourth-order valence-corrected chi connectivity index (χ4v) is 4.34. The minimum atomic E-state index is -3.72. The Balaban J connectivity index is 2.10. The Kier molecular flexibility index (Phi) is 6.03. The van der Waals surface area contributed by atoms with Crippen LogP contribution in [-0.4, -0.2) is 14.3 Å². The minimum Gasteiger partial charge on any atom is -0.349 e. The highest BCUT2D eigenvalue weighted by molar-refractivity contribution is 7.91. The van der Waals surface area contributed by atoms with E-state index in [0.717, 1.165) is 23.3 Å². The normalized spacial score (nSPS) is 13.4. The van der Waals surface area contributed by atoms with Crippen LogP contribution in [0.25, 0.3) is 0 Å². The second-order valence-corrected chi connectivity index (χ2v) is 10.2. The molecule has 3 N–H and O–H groups in total. The molecule has 0 aliphatic carbocycles. The van der Waals surface area contributed by atoms with E-state index in [0.29, 0.717) is 4.88 Å². The fraction of sp³-hybridized carbons (Fsp3) is 0.389. The second kappa shape index (κ2) is 7.68. The minimum absolute atomic E-state index is 0.0531. The van der Waals surface area contributed by atoms with Crippen molar-refractivity contribution < 1.29 is 13.2 Å². The van der Waals surface area contributed by atoms with Crippen LogP contribution < -0.4 is 10.5 Å². The molecule has 1 atom stereocenters. The molecule has 2 aromatic rings. The molecule has 0 saturated carbocycles. The maximum atomic E-state index is 12.5. The second-order valence-electron chi connectivity index (χ2n) is 7.24. The zero-order valence-electron chi connectivity index (χ0n) is 14.7. The first-order chi connectivity index (χ1) is 11.5. The van der Waals surface area contributed by atoms with Gasteiger partial charge in [0.05, 0.1) is 12.5 Å². The average Bonchev–Trinajstić information content (AvgIpc) is 2.94. The van der Waals surface area contributed by atoms with E-state index >= 15 is 0 Å². The number of thiophene rings is 1. The molecule has 0 aliphatic heterocycles. The summed E-state index contributed by atoms with van der Waals surface area (Å²) in [4.78, 5) is 13.1. The van der Waals surface area contributed by atoms with Crippen molar-refractivity contribution in [3.8, 4) is 0 Å². The van der Waals surface area contributed by atoms with Gasteiger partial charge in [-0.15, -0.1) is 11.3 Å². The molecule has 1 aromatic carbocycles. The van der Waals surface area contributed by atoms with Crippen LogP contribution >= 0.6 is 11.3 Å². The number of sulfonamides is 1. The number of amides is 1. The molecule has 0 saturated heterocycles. The summed E-state index contributed by atoms with van der Waals surface area (Å²) in [5.41, 5.74) is 1.11. The van der Waals surface area contributed by atoms with Crippen LogP contribution in [0.15, 0.2) is 46.7 Å². The van der Waals surface area contributed by atoms with Gasteiger partial charge in [-0.2, -0.15) is 0 Å². The highest BCUT2D eigenvalue weighted by atomic mass is 32.2. The van der Waals surface area contributed by atoms with Gasteiger partial charge in [-0.3, -0.25) is 4.79 Å². The Morgan fingerprint density at radius 2 is 1.80 bits per heavy atom. The third-order valence-corrected chi connectivity index (χ3v) is 6.13. The van der Waals surface area contributed by atoms with E-state index in [1.807, 2.05) is 30.3 Å². The van der Waals surface area contributed by atoms with Gasteiger partial charge in [0.1, 0.15) is 4.21 Å². The van der Waals surface area contributed by atoms with Gasteiger partial charge in [-0.25, -0.2) is 13.6 Å². The molecule has 5 nitrogen and oxygen atoms in total. The van der Waals surface area contributed by atoms with Crippen molar-refractivity contribution in [1.29, 1.82) is 0 Å². The van der Waals surface area contributed by atoms with E-state index in [1.165, 1.54) is 6.07 Å². The Labute approximate surface area is 153 Å². The third kappa shape index (κ3) is 6.26. The van der Waals surface area contributed by atoms with Crippen molar-refractivity contribution in [3.63, 3.8) is 0 Å².